The third-order valence-electron chi connectivity index (χ3n) is 4.52. The van der Waals surface area contributed by atoms with E-state index in [2.05, 4.69) is 4.98 Å². The second-order valence-corrected chi connectivity index (χ2v) is 6.81. The Balaban J connectivity index is 1.82. The van der Waals surface area contributed by atoms with Crippen LogP contribution in [0.5, 0.6) is 11.5 Å². The zero-order valence-corrected chi connectivity index (χ0v) is 17.6. The van der Waals surface area contributed by atoms with Crippen LogP contribution in [-0.2, 0) is 11.3 Å². The average Bonchev–Trinajstić information content (AvgIpc) is 2.81. The van der Waals surface area contributed by atoms with Crippen molar-refractivity contribution in [2.75, 3.05) is 18.6 Å². The summed E-state index contributed by atoms with van der Waals surface area (Å²) in [4.78, 5) is 18.9. The molecule has 0 radical (unpaired) electrons. The highest BCUT2D eigenvalue weighted by atomic mass is 19.1. The number of pyridine rings is 1. The molecule has 1 heterocycles. The Bertz CT molecular complexity index is 1020. The van der Waals surface area contributed by atoms with Crippen LogP contribution in [0.25, 0.3) is 6.08 Å². The van der Waals surface area contributed by atoms with Gasteiger partial charge in [0, 0.05) is 18.0 Å². The van der Waals surface area contributed by atoms with Crippen LogP contribution in [0.3, 0.4) is 0 Å². The highest BCUT2D eigenvalue weighted by Crippen LogP contribution is 2.29. The maximum Gasteiger partial charge on any atom is 0.251 e. The molecule has 0 unspecified atom stereocenters. The van der Waals surface area contributed by atoms with E-state index in [1.165, 1.54) is 18.2 Å². The lowest BCUT2D eigenvalue weighted by Crippen LogP contribution is -2.29. The molecular formula is C25H25FN2O3. The van der Waals surface area contributed by atoms with Gasteiger partial charge in [-0.15, -0.1) is 0 Å². The number of benzene rings is 2. The van der Waals surface area contributed by atoms with E-state index in [-0.39, 0.29) is 18.3 Å². The summed E-state index contributed by atoms with van der Waals surface area (Å²) >= 11 is 0. The van der Waals surface area contributed by atoms with Crippen molar-refractivity contribution in [1.29, 1.82) is 0 Å². The predicted octanol–water partition coefficient (Wildman–Crippen LogP) is 5.26. The fourth-order valence-electron chi connectivity index (χ4n) is 2.95. The molecule has 0 saturated heterocycles. The summed E-state index contributed by atoms with van der Waals surface area (Å²) in [5, 5.41) is 0. The van der Waals surface area contributed by atoms with Gasteiger partial charge in [0.2, 0.25) is 0 Å². The molecule has 0 bridgehead atoms. The summed E-state index contributed by atoms with van der Waals surface area (Å²) in [6.45, 7) is 2.90. The highest BCUT2D eigenvalue weighted by Gasteiger charge is 2.15. The summed E-state index contributed by atoms with van der Waals surface area (Å²) in [5.41, 5.74) is 2.11. The first-order valence-corrected chi connectivity index (χ1v) is 10.1. The molecule has 1 amide bonds. The van der Waals surface area contributed by atoms with E-state index in [9.17, 15) is 9.18 Å². The lowest BCUT2D eigenvalue weighted by molar-refractivity contribution is -0.114. The van der Waals surface area contributed by atoms with Gasteiger partial charge in [-0.2, -0.15) is 0 Å². The van der Waals surface area contributed by atoms with Crippen LogP contribution >= 0.6 is 0 Å². The third kappa shape index (κ3) is 6.15. The van der Waals surface area contributed by atoms with Crippen molar-refractivity contribution in [1.82, 2.24) is 4.98 Å². The zero-order valence-electron chi connectivity index (χ0n) is 17.6. The Hall–Kier alpha value is -3.67. The van der Waals surface area contributed by atoms with Gasteiger partial charge in [-0.1, -0.05) is 19.1 Å². The van der Waals surface area contributed by atoms with Crippen molar-refractivity contribution in [3.8, 4) is 11.5 Å². The van der Waals surface area contributed by atoms with Gasteiger partial charge in [-0.25, -0.2) is 4.39 Å². The summed E-state index contributed by atoms with van der Waals surface area (Å²) in [6.07, 6.45) is 5.76. The predicted molar refractivity (Wildman–Crippen MR) is 120 cm³/mol. The molecule has 31 heavy (non-hydrogen) atoms. The molecule has 1 aromatic heterocycles. The number of carbonyl (C=O) groups is 1. The topological polar surface area (TPSA) is 51.7 Å². The summed E-state index contributed by atoms with van der Waals surface area (Å²) < 4.78 is 24.4. The van der Waals surface area contributed by atoms with Crippen LogP contribution in [0.1, 0.15) is 24.6 Å². The minimum absolute atomic E-state index is 0.248. The Morgan fingerprint density at radius 3 is 2.58 bits per heavy atom. The molecule has 0 aliphatic heterocycles. The van der Waals surface area contributed by atoms with E-state index >= 15 is 0 Å². The summed E-state index contributed by atoms with van der Waals surface area (Å²) in [7, 11) is 1.58. The second kappa shape index (κ2) is 10.9. The number of halogens is 1. The fourth-order valence-corrected chi connectivity index (χ4v) is 2.95. The minimum Gasteiger partial charge on any atom is -0.493 e. The number of carbonyl (C=O) groups excluding carboxylic acids is 1. The number of methoxy groups -OCH3 is 1. The van der Waals surface area contributed by atoms with Crippen LogP contribution in [0.2, 0.25) is 0 Å². The van der Waals surface area contributed by atoms with Crippen LogP contribution < -0.4 is 14.4 Å². The van der Waals surface area contributed by atoms with Gasteiger partial charge in [0.15, 0.2) is 11.5 Å². The molecular weight excluding hydrogens is 395 g/mol. The van der Waals surface area contributed by atoms with E-state index in [4.69, 9.17) is 9.47 Å². The smallest absolute Gasteiger partial charge is 0.251 e. The number of anilines is 1. The van der Waals surface area contributed by atoms with Crippen LogP contribution in [0, 0.1) is 5.82 Å². The first kappa shape index (κ1) is 22.0. The fraction of sp³-hybridized carbons (Fsp3) is 0.200. The Morgan fingerprint density at radius 2 is 1.90 bits per heavy atom. The van der Waals surface area contributed by atoms with Gasteiger partial charge in [0.05, 0.1) is 26.0 Å². The standard InChI is InChI=1S/C25H25FN2O3/c1-3-16-31-23-13-7-19(17-24(23)30-2)8-14-25(29)28(18-21-6-4-5-15-27-21)22-11-9-20(26)10-12-22/h4-15,17H,3,16,18H2,1-2H3. The molecule has 0 spiro atoms. The summed E-state index contributed by atoms with van der Waals surface area (Å²) in [5.74, 6) is 0.660. The molecule has 6 heteroatoms. The molecule has 0 atom stereocenters. The third-order valence-corrected chi connectivity index (χ3v) is 4.52. The first-order chi connectivity index (χ1) is 15.1. The van der Waals surface area contributed by atoms with Gasteiger partial charge in [0.1, 0.15) is 5.82 Å². The second-order valence-electron chi connectivity index (χ2n) is 6.81. The SMILES string of the molecule is CCCOc1ccc(C=CC(=O)N(Cc2ccccn2)c2ccc(F)cc2)cc1OC. The first-order valence-electron chi connectivity index (χ1n) is 10.1. The maximum absolute atomic E-state index is 13.4. The van der Waals surface area contributed by atoms with Crippen LogP contribution in [-0.4, -0.2) is 24.6 Å². The molecule has 5 nitrogen and oxygen atoms in total. The van der Waals surface area contributed by atoms with Crippen molar-refractivity contribution >= 4 is 17.7 Å². The molecule has 2 aromatic carbocycles. The molecule has 0 fully saturated rings. The molecule has 3 aromatic rings. The van der Waals surface area contributed by atoms with Crippen molar-refractivity contribution in [2.24, 2.45) is 0 Å². The van der Waals surface area contributed by atoms with Gasteiger partial charge >= 0.3 is 0 Å². The van der Waals surface area contributed by atoms with Crippen molar-refractivity contribution < 1.29 is 18.7 Å². The largest absolute Gasteiger partial charge is 0.493 e. The number of ether oxygens (including phenoxy) is 2. The van der Waals surface area contributed by atoms with Crippen molar-refractivity contribution in [3.05, 3.63) is 90.0 Å². The Morgan fingerprint density at radius 1 is 1.10 bits per heavy atom. The molecule has 160 valence electrons. The van der Waals surface area contributed by atoms with Crippen molar-refractivity contribution in [3.63, 3.8) is 0 Å². The van der Waals surface area contributed by atoms with Gasteiger partial charge < -0.3 is 14.4 Å². The van der Waals surface area contributed by atoms with Gasteiger partial charge in [-0.05, 0) is 66.6 Å². The zero-order chi connectivity index (χ0) is 22.1. The Kier molecular flexibility index (Phi) is 7.76. The number of hydrogen-bond acceptors (Lipinski definition) is 4. The van der Waals surface area contributed by atoms with Crippen LogP contribution in [0.4, 0.5) is 10.1 Å². The number of nitrogens with zero attached hydrogens (tertiary/aromatic N) is 2. The number of hydrogen-bond donors (Lipinski definition) is 0. The lowest BCUT2D eigenvalue weighted by atomic mass is 10.1. The molecule has 0 N–H and O–H groups in total. The van der Waals surface area contributed by atoms with Crippen LogP contribution in [0.15, 0.2) is 72.9 Å². The minimum atomic E-state index is -0.359. The highest BCUT2D eigenvalue weighted by molar-refractivity contribution is 6.03. The summed E-state index contributed by atoms with van der Waals surface area (Å²) in [6, 6.07) is 16.8. The quantitative estimate of drug-likeness (QED) is 0.443. The van der Waals surface area contributed by atoms with E-state index in [1.54, 1.807) is 36.4 Å². The van der Waals surface area contributed by atoms with Gasteiger partial charge in [-0.3, -0.25) is 9.78 Å². The normalized spacial score (nSPS) is 10.8. The average molecular weight is 420 g/mol. The molecule has 0 aliphatic rings. The lowest BCUT2D eigenvalue weighted by Gasteiger charge is -2.21. The monoisotopic (exact) mass is 420 g/mol. The number of amides is 1. The van der Waals surface area contributed by atoms with E-state index in [0.29, 0.717) is 23.8 Å². The van der Waals surface area contributed by atoms with Crippen molar-refractivity contribution in [2.45, 2.75) is 19.9 Å². The van der Waals surface area contributed by atoms with E-state index in [1.807, 2.05) is 43.3 Å². The molecule has 0 saturated carbocycles. The van der Waals surface area contributed by atoms with Gasteiger partial charge in [0.25, 0.3) is 5.91 Å². The Labute approximate surface area is 181 Å². The number of rotatable bonds is 9. The van der Waals surface area contributed by atoms with E-state index in [0.717, 1.165) is 17.7 Å². The number of aromatic nitrogens is 1. The molecule has 3 rings (SSSR count). The maximum atomic E-state index is 13.4. The van der Waals surface area contributed by atoms with E-state index < -0.39 is 0 Å². The molecule has 0 aliphatic carbocycles.